The zero-order valence-electron chi connectivity index (χ0n) is 22.9. The van der Waals surface area contributed by atoms with Crippen LogP contribution in [0.3, 0.4) is 0 Å². The molecule has 6 N–H and O–H groups in total. The summed E-state index contributed by atoms with van der Waals surface area (Å²) in [6, 6.07) is 28.7. The molecule has 0 unspecified atom stereocenters. The minimum Gasteiger partial charge on any atom is -0.462 e. The fourth-order valence-electron chi connectivity index (χ4n) is 4.73. The molecule has 1 aromatic heterocycles. The van der Waals surface area contributed by atoms with Crippen LogP contribution in [0, 0.1) is 10.8 Å². The second-order valence-electron chi connectivity index (χ2n) is 9.59. The Kier molecular flexibility index (Phi) is 7.83. The smallest absolute Gasteiger partial charge is 0.343 e. The Bertz CT molecular complexity index is 1890. The molecule has 0 radical (unpaired) electrons. The number of carbonyl (C=O) groups excluding carboxylic acids is 1. The molecule has 0 saturated heterocycles. The molecule has 210 valence electrons. The fraction of sp³-hybridized carbons (Fsp3) is 0.0909. The topological polar surface area (TPSA) is 157 Å². The molecule has 5 aromatic rings. The van der Waals surface area contributed by atoms with E-state index in [2.05, 4.69) is 0 Å². The zero-order valence-corrected chi connectivity index (χ0v) is 22.9. The van der Waals surface area contributed by atoms with Gasteiger partial charge in [-0.1, -0.05) is 60.7 Å². The van der Waals surface area contributed by atoms with Gasteiger partial charge >= 0.3 is 5.97 Å². The summed E-state index contributed by atoms with van der Waals surface area (Å²) in [7, 11) is 0. The third-order valence-corrected chi connectivity index (χ3v) is 6.77. The molecule has 42 heavy (non-hydrogen) atoms. The van der Waals surface area contributed by atoms with Crippen molar-refractivity contribution in [2.45, 2.75) is 13.5 Å². The van der Waals surface area contributed by atoms with Gasteiger partial charge in [0.05, 0.1) is 18.7 Å². The van der Waals surface area contributed by atoms with Crippen molar-refractivity contribution in [1.82, 2.24) is 4.57 Å². The molecule has 0 amide bonds. The maximum atomic E-state index is 13.6. The number of ether oxygens (including phenoxy) is 2. The van der Waals surface area contributed by atoms with Gasteiger partial charge < -0.3 is 25.5 Å². The number of nitrogens with zero attached hydrogens (tertiary/aromatic N) is 1. The van der Waals surface area contributed by atoms with E-state index in [-0.39, 0.29) is 30.4 Å². The Hall–Kier alpha value is -5.70. The van der Waals surface area contributed by atoms with Crippen molar-refractivity contribution in [3.05, 3.63) is 130 Å². The predicted octanol–water partition coefficient (Wildman–Crippen LogP) is 5.25. The molecule has 0 aliphatic carbocycles. The predicted molar refractivity (Wildman–Crippen MR) is 164 cm³/mol. The van der Waals surface area contributed by atoms with E-state index in [1.165, 1.54) is 10.6 Å². The number of pyridine rings is 1. The van der Waals surface area contributed by atoms with Gasteiger partial charge in [-0.05, 0) is 59.3 Å². The van der Waals surface area contributed by atoms with Crippen LogP contribution in [0.1, 0.15) is 34.0 Å². The highest BCUT2D eigenvalue weighted by molar-refractivity contribution is 6.01. The normalized spacial score (nSPS) is 10.8. The van der Waals surface area contributed by atoms with Crippen molar-refractivity contribution in [3.8, 4) is 22.6 Å². The third-order valence-electron chi connectivity index (χ3n) is 6.77. The Morgan fingerprint density at radius 1 is 0.810 bits per heavy atom. The van der Waals surface area contributed by atoms with E-state index >= 15 is 0 Å². The Morgan fingerprint density at radius 2 is 1.55 bits per heavy atom. The lowest BCUT2D eigenvalue weighted by atomic mass is 9.98. The molecule has 0 aliphatic heterocycles. The Balaban J connectivity index is 1.56. The van der Waals surface area contributed by atoms with Gasteiger partial charge in [0.1, 0.15) is 28.7 Å². The number of benzene rings is 4. The summed E-state index contributed by atoms with van der Waals surface area (Å²) in [5, 5.41) is 16.2. The van der Waals surface area contributed by atoms with Crippen LogP contribution in [-0.4, -0.2) is 28.8 Å². The van der Waals surface area contributed by atoms with Crippen LogP contribution in [0.5, 0.6) is 11.5 Å². The van der Waals surface area contributed by atoms with E-state index < -0.39 is 11.5 Å². The minimum atomic E-state index is -0.685. The number of esters is 1. The first-order valence-electron chi connectivity index (χ1n) is 13.2. The van der Waals surface area contributed by atoms with Crippen molar-refractivity contribution < 1.29 is 14.3 Å². The molecule has 0 fully saturated rings. The molecule has 5 rings (SSSR count). The monoisotopic (exact) mass is 559 g/mol. The number of nitrogens with two attached hydrogens (primary N) is 2. The number of nitrogens with one attached hydrogen (secondary N) is 2. The average molecular weight is 560 g/mol. The quantitative estimate of drug-likeness (QED) is 0.110. The average Bonchev–Trinajstić information content (AvgIpc) is 2.99. The lowest BCUT2D eigenvalue weighted by molar-refractivity contribution is 0.0524. The van der Waals surface area contributed by atoms with Crippen molar-refractivity contribution >= 4 is 28.5 Å². The standard InChI is InChI=1S/C33H29N5O4/c1-2-41-33(40)28-17-22-14-15-25(42-24-7-5-6-23(16-24)30(34)35)18-29(22)38(32(28)39)19-20-10-12-21(13-11-20)26-8-3-4-9-27(26)31(36)37/h3-18H,2,19H2,1H3,(H3,34,35)(H3,36,37). The summed E-state index contributed by atoms with van der Waals surface area (Å²) in [5.74, 6) is 0.178. The molecule has 4 aromatic carbocycles. The lowest BCUT2D eigenvalue weighted by Crippen LogP contribution is -2.28. The molecular weight excluding hydrogens is 530 g/mol. The minimum absolute atomic E-state index is 0.0190. The van der Waals surface area contributed by atoms with E-state index in [1.54, 1.807) is 55.5 Å². The number of hydrogen-bond acceptors (Lipinski definition) is 6. The molecular formula is C33H29N5O4. The second-order valence-corrected chi connectivity index (χ2v) is 9.59. The van der Waals surface area contributed by atoms with E-state index in [1.807, 2.05) is 42.5 Å². The first-order valence-corrected chi connectivity index (χ1v) is 13.2. The molecule has 9 heteroatoms. The first-order chi connectivity index (χ1) is 20.2. The largest absolute Gasteiger partial charge is 0.462 e. The van der Waals surface area contributed by atoms with E-state index in [4.69, 9.17) is 31.8 Å². The number of amidine groups is 2. The van der Waals surface area contributed by atoms with E-state index in [9.17, 15) is 9.59 Å². The van der Waals surface area contributed by atoms with Gasteiger partial charge in [-0.3, -0.25) is 15.6 Å². The van der Waals surface area contributed by atoms with Crippen LogP contribution in [0.25, 0.3) is 22.0 Å². The van der Waals surface area contributed by atoms with Crippen LogP contribution in [0.4, 0.5) is 0 Å². The molecule has 0 saturated carbocycles. The summed E-state index contributed by atoms with van der Waals surface area (Å²) in [5.41, 5.74) is 15.1. The molecule has 0 spiro atoms. The highest BCUT2D eigenvalue weighted by Gasteiger charge is 2.18. The summed E-state index contributed by atoms with van der Waals surface area (Å²) in [4.78, 5) is 26.3. The third kappa shape index (κ3) is 5.75. The Labute approximate surface area is 242 Å². The number of hydrogen-bond donors (Lipinski definition) is 4. The van der Waals surface area contributed by atoms with Crippen LogP contribution >= 0.6 is 0 Å². The summed E-state index contributed by atoms with van der Waals surface area (Å²) >= 11 is 0. The number of nitrogen functional groups attached to an aromatic ring is 2. The molecule has 0 bridgehead atoms. The number of aromatic nitrogens is 1. The number of fused-ring (bicyclic) bond motifs is 1. The first kappa shape index (κ1) is 27.9. The van der Waals surface area contributed by atoms with Gasteiger partial charge in [-0.15, -0.1) is 0 Å². The van der Waals surface area contributed by atoms with E-state index in [0.29, 0.717) is 33.5 Å². The summed E-state index contributed by atoms with van der Waals surface area (Å²) in [6.07, 6.45) is 0. The molecule has 0 aliphatic rings. The maximum absolute atomic E-state index is 13.6. The van der Waals surface area contributed by atoms with Crippen molar-refractivity contribution in [3.63, 3.8) is 0 Å². The van der Waals surface area contributed by atoms with Crippen LogP contribution in [0.2, 0.25) is 0 Å². The zero-order chi connectivity index (χ0) is 29.8. The fourth-order valence-corrected chi connectivity index (χ4v) is 4.73. The number of carbonyl (C=O) groups is 1. The SMILES string of the molecule is CCOC(=O)c1cc2ccc(Oc3cccc(C(=N)N)c3)cc2n(Cc2ccc(-c3ccccc3C(=N)N)cc2)c1=O. The van der Waals surface area contributed by atoms with Crippen LogP contribution < -0.4 is 21.8 Å². The van der Waals surface area contributed by atoms with Gasteiger partial charge in [-0.2, -0.15) is 0 Å². The molecule has 1 heterocycles. The lowest BCUT2D eigenvalue weighted by Gasteiger charge is -2.15. The molecule has 0 atom stereocenters. The van der Waals surface area contributed by atoms with Crippen LogP contribution in [-0.2, 0) is 11.3 Å². The van der Waals surface area contributed by atoms with E-state index in [0.717, 1.165) is 16.7 Å². The number of rotatable bonds is 9. The highest BCUT2D eigenvalue weighted by atomic mass is 16.5. The summed E-state index contributed by atoms with van der Waals surface area (Å²) in [6.45, 7) is 2.01. The Morgan fingerprint density at radius 3 is 2.26 bits per heavy atom. The molecule has 9 nitrogen and oxygen atoms in total. The van der Waals surface area contributed by atoms with Crippen LogP contribution in [0.15, 0.2) is 102 Å². The van der Waals surface area contributed by atoms with Crippen molar-refractivity contribution in [2.75, 3.05) is 6.61 Å². The maximum Gasteiger partial charge on any atom is 0.343 e. The van der Waals surface area contributed by atoms with Gasteiger partial charge in [0, 0.05) is 17.2 Å². The second kappa shape index (κ2) is 11.8. The van der Waals surface area contributed by atoms with Gasteiger partial charge in [0.25, 0.3) is 5.56 Å². The van der Waals surface area contributed by atoms with Gasteiger partial charge in [0.2, 0.25) is 0 Å². The van der Waals surface area contributed by atoms with Gasteiger partial charge in [-0.25, -0.2) is 4.79 Å². The highest BCUT2D eigenvalue weighted by Crippen LogP contribution is 2.28. The van der Waals surface area contributed by atoms with Gasteiger partial charge in [0.15, 0.2) is 0 Å². The van der Waals surface area contributed by atoms with Crippen molar-refractivity contribution in [1.29, 1.82) is 10.8 Å². The summed E-state index contributed by atoms with van der Waals surface area (Å²) < 4.78 is 12.7. The van der Waals surface area contributed by atoms with Crippen molar-refractivity contribution in [2.24, 2.45) is 11.5 Å².